The molecule has 1 aliphatic heterocycles. The van der Waals surface area contributed by atoms with E-state index in [4.69, 9.17) is 9.15 Å². The van der Waals surface area contributed by atoms with Crippen molar-refractivity contribution in [3.05, 3.63) is 157 Å². The molecule has 3 heteroatoms. The molecule has 0 radical (unpaired) electrons. The number of para-hydroxylation sites is 4. The number of nitrogens with zero attached hydrogens (tertiary/aromatic N) is 1. The normalized spacial score (nSPS) is 17.1. The number of hydrogen-bond donors (Lipinski definition) is 0. The van der Waals surface area contributed by atoms with Gasteiger partial charge >= 0.3 is 0 Å². The van der Waals surface area contributed by atoms with E-state index in [9.17, 15) is 0 Å². The van der Waals surface area contributed by atoms with Gasteiger partial charge in [-0.3, -0.25) is 0 Å². The first-order chi connectivity index (χ1) is 22.3. The summed E-state index contributed by atoms with van der Waals surface area (Å²) in [7, 11) is 0. The average molecular weight is 578 g/mol. The van der Waals surface area contributed by atoms with Gasteiger partial charge < -0.3 is 13.7 Å². The summed E-state index contributed by atoms with van der Waals surface area (Å²) < 4.78 is 15.2. The van der Waals surface area contributed by atoms with Crippen LogP contribution in [0.1, 0.15) is 11.5 Å². The largest absolute Gasteiger partial charge is 0.485 e. The predicted octanol–water partition coefficient (Wildman–Crippen LogP) is 11.0. The van der Waals surface area contributed by atoms with Crippen LogP contribution in [0.4, 0.5) is 0 Å². The van der Waals surface area contributed by atoms with Crippen LogP contribution in [0.5, 0.6) is 5.75 Å². The molecule has 0 saturated heterocycles. The lowest BCUT2D eigenvalue weighted by atomic mass is 9.88. The molecule has 2 aromatic heterocycles. The highest BCUT2D eigenvalue weighted by Crippen LogP contribution is 2.48. The summed E-state index contributed by atoms with van der Waals surface area (Å²) in [5.41, 5.74) is 11.4. The zero-order chi connectivity index (χ0) is 29.5. The van der Waals surface area contributed by atoms with Gasteiger partial charge in [-0.1, -0.05) is 103 Å². The molecule has 0 amide bonds. The van der Waals surface area contributed by atoms with E-state index in [1.54, 1.807) is 0 Å². The van der Waals surface area contributed by atoms with Crippen LogP contribution in [0, 0.1) is 0 Å². The number of allylic oxidation sites excluding steroid dienone is 2. The van der Waals surface area contributed by atoms with Crippen molar-refractivity contribution in [2.24, 2.45) is 0 Å². The minimum absolute atomic E-state index is 0.00293. The molecule has 2 unspecified atom stereocenters. The van der Waals surface area contributed by atoms with Crippen LogP contribution in [0.15, 0.2) is 156 Å². The average Bonchev–Trinajstić information content (AvgIpc) is 3.77. The van der Waals surface area contributed by atoms with Crippen LogP contribution in [0.3, 0.4) is 0 Å². The molecule has 3 heterocycles. The van der Waals surface area contributed by atoms with E-state index >= 15 is 0 Å². The quantitative estimate of drug-likeness (QED) is 0.209. The molecular weight excluding hydrogens is 550 g/mol. The standard InChI is InChI=1S/C42H27NO2/c1-4-17-35-30(12-1)34-25-27(22-23-36(34)43(35)37-18-9-21-40-41(37)33-14-3-6-20-39(33)44-40)26-10-7-11-28(24-26)29-15-8-16-32-31-13-2-5-19-38(31)45-42(29)32/h1-25,40-41H. The maximum absolute atomic E-state index is 6.38. The molecule has 0 spiro atoms. The highest BCUT2D eigenvalue weighted by molar-refractivity contribution is 6.12. The van der Waals surface area contributed by atoms with Gasteiger partial charge in [-0.15, -0.1) is 0 Å². The first-order valence-electron chi connectivity index (χ1n) is 15.5. The van der Waals surface area contributed by atoms with E-state index < -0.39 is 0 Å². The first-order valence-corrected chi connectivity index (χ1v) is 15.5. The molecule has 6 aromatic carbocycles. The number of furan rings is 1. The van der Waals surface area contributed by atoms with Gasteiger partial charge in [0.15, 0.2) is 0 Å². The summed E-state index contributed by atoms with van der Waals surface area (Å²) in [6.07, 6.45) is 6.58. The molecule has 1 aliphatic carbocycles. The summed E-state index contributed by atoms with van der Waals surface area (Å²) in [5, 5.41) is 4.78. The van der Waals surface area contributed by atoms with Crippen molar-refractivity contribution < 1.29 is 9.15 Å². The van der Waals surface area contributed by atoms with Crippen molar-refractivity contribution in [2.45, 2.75) is 12.0 Å². The van der Waals surface area contributed by atoms with Crippen molar-refractivity contribution in [3.8, 4) is 28.0 Å². The van der Waals surface area contributed by atoms with E-state index in [1.807, 2.05) is 12.1 Å². The molecule has 45 heavy (non-hydrogen) atoms. The minimum atomic E-state index is -0.00293. The third-order valence-electron chi connectivity index (χ3n) is 9.57. The second-order valence-corrected chi connectivity index (χ2v) is 12.0. The predicted molar refractivity (Wildman–Crippen MR) is 185 cm³/mol. The van der Waals surface area contributed by atoms with Gasteiger partial charge in [0.05, 0.1) is 17.0 Å². The molecule has 212 valence electrons. The molecule has 2 aliphatic rings. The summed E-state index contributed by atoms with van der Waals surface area (Å²) in [5.74, 6) is 1.12. The Kier molecular flexibility index (Phi) is 5.11. The maximum atomic E-state index is 6.38. The van der Waals surface area contributed by atoms with Crippen LogP contribution in [0.25, 0.3) is 71.7 Å². The van der Waals surface area contributed by atoms with Crippen LogP contribution >= 0.6 is 0 Å². The van der Waals surface area contributed by atoms with Gasteiger partial charge in [-0.25, -0.2) is 0 Å². The Labute approximate surface area is 259 Å². The zero-order valence-corrected chi connectivity index (χ0v) is 24.4. The fourth-order valence-electron chi connectivity index (χ4n) is 7.57. The number of hydrogen-bond acceptors (Lipinski definition) is 2. The monoisotopic (exact) mass is 577 g/mol. The van der Waals surface area contributed by atoms with E-state index in [1.165, 1.54) is 44.2 Å². The number of ether oxygens (including phenoxy) is 1. The lowest BCUT2D eigenvalue weighted by Gasteiger charge is -2.25. The maximum Gasteiger partial charge on any atom is 0.143 e. The molecule has 0 fully saturated rings. The highest BCUT2D eigenvalue weighted by Gasteiger charge is 2.38. The Morgan fingerprint density at radius 3 is 2.29 bits per heavy atom. The lowest BCUT2D eigenvalue weighted by molar-refractivity contribution is 0.270. The number of fused-ring (bicyclic) bond motifs is 9. The molecule has 10 rings (SSSR count). The highest BCUT2D eigenvalue weighted by atomic mass is 16.5. The van der Waals surface area contributed by atoms with Crippen molar-refractivity contribution in [3.63, 3.8) is 0 Å². The van der Waals surface area contributed by atoms with Gasteiger partial charge in [0.25, 0.3) is 0 Å². The Morgan fingerprint density at radius 2 is 1.31 bits per heavy atom. The van der Waals surface area contributed by atoms with Crippen molar-refractivity contribution >= 4 is 49.4 Å². The molecule has 2 atom stereocenters. The third-order valence-corrected chi connectivity index (χ3v) is 9.57. The van der Waals surface area contributed by atoms with E-state index in [-0.39, 0.29) is 12.0 Å². The van der Waals surface area contributed by atoms with Gasteiger partial charge in [-0.2, -0.15) is 0 Å². The molecule has 0 N–H and O–H groups in total. The number of rotatable bonds is 3. The first kappa shape index (κ1) is 24.6. The topological polar surface area (TPSA) is 27.3 Å². The SMILES string of the molecule is C1=CC2Oc3ccccc3C2C(n2c3ccccc3c3cc(-c4cccc(-c5cccc6c5oc5ccccc56)c4)ccc32)=C1. The smallest absolute Gasteiger partial charge is 0.143 e. The number of aromatic nitrogens is 1. The Hall–Kier alpha value is -5.80. The van der Waals surface area contributed by atoms with Gasteiger partial charge in [0.2, 0.25) is 0 Å². The Morgan fingerprint density at radius 1 is 0.556 bits per heavy atom. The fourth-order valence-corrected chi connectivity index (χ4v) is 7.57. The fraction of sp³-hybridized carbons (Fsp3) is 0.0476. The third kappa shape index (κ3) is 3.58. The molecule has 8 aromatic rings. The Bertz CT molecular complexity index is 2540. The van der Waals surface area contributed by atoms with Crippen LogP contribution in [-0.2, 0) is 0 Å². The molecule has 0 bridgehead atoms. The molecule has 0 saturated carbocycles. The van der Waals surface area contributed by atoms with Gasteiger partial charge in [0, 0.05) is 38.4 Å². The summed E-state index contributed by atoms with van der Waals surface area (Å²) in [6.45, 7) is 0. The summed E-state index contributed by atoms with van der Waals surface area (Å²) >= 11 is 0. The van der Waals surface area contributed by atoms with Crippen molar-refractivity contribution in [1.82, 2.24) is 4.57 Å². The second kappa shape index (κ2) is 9.35. The van der Waals surface area contributed by atoms with E-state index in [0.717, 1.165) is 38.8 Å². The van der Waals surface area contributed by atoms with Crippen molar-refractivity contribution in [1.29, 1.82) is 0 Å². The lowest BCUT2D eigenvalue weighted by Crippen LogP contribution is -2.21. The zero-order valence-electron chi connectivity index (χ0n) is 24.4. The second-order valence-electron chi connectivity index (χ2n) is 12.0. The van der Waals surface area contributed by atoms with Crippen LogP contribution in [-0.4, -0.2) is 10.7 Å². The minimum Gasteiger partial charge on any atom is -0.485 e. The van der Waals surface area contributed by atoms with E-state index in [2.05, 4.69) is 144 Å². The Balaban J connectivity index is 1.13. The van der Waals surface area contributed by atoms with Gasteiger partial charge in [0.1, 0.15) is 23.0 Å². The summed E-state index contributed by atoms with van der Waals surface area (Å²) in [4.78, 5) is 0. The van der Waals surface area contributed by atoms with Crippen LogP contribution in [0.2, 0.25) is 0 Å². The summed E-state index contributed by atoms with van der Waals surface area (Å²) in [6, 6.07) is 47.6. The van der Waals surface area contributed by atoms with E-state index in [0.29, 0.717) is 0 Å². The van der Waals surface area contributed by atoms with Crippen molar-refractivity contribution in [2.75, 3.05) is 0 Å². The molecule has 3 nitrogen and oxygen atoms in total. The van der Waals surface area contributed by atoms with Crippen LogP contribution < -0.4 is 4.74 Å². The number of benzene rings is 6. The van der Waals surface area contributed by atoms with Gasteiger partial charge in [-0.05, 0) is 65.2 Å². The molecular formula is C42H27NO2.